The molecule has 0 aliphatic carbocycles. The number of aliphatic hydroxyl groups excluding tert-OH is 1. The highest BCUT2D eigenvalue weighted by Gasteiger charge is 2.75. The van der Waals surface area contributed by atoms with E-state index in [1.54, 1.807) is 26.9 Å². The molecule has 3 fully saturated rings. The van der Waals surface area contributed by atoms with Crippen molar-refractivity contribution >= 4 is 29.1 Å². The van der Waals surface area contributed by atoms with Crippen LogP contribution in [0, 0.1) is 25.7 Å². The maximum absolute atomic E-state index is 14.8. The second kappa shape index (κ2) is 14.2. The number of unbranched alkanes of at least 4 members (excludes halogenated alkanes) is 2. The molecule has 2 bridgehead atoms. The van der Waals surface area contributed by atoms with Crippen molar-refractivity contribution in [2.75, 3.05) is 42.6 Å². The molecule has 2 aromatic carbocycles. The second-order valence-electron chi connectivity index (χ2n) is 12.6. The Bertz CT molecular complexity index is 1460. The van der Waals surface area contributed by atoms with Crippen LogP contribution in [-0.2, 0) is 19.1 Å². The molecule has 0 radical (unpaired) electrons. The molecule has 1 spiro atoms. The first-order chi connectivity index (χ1) is 22.2. The second-order valence-corrected chi connectivity index (χ2v) is 12.6. The van der Waals surface area contributed by atoms with Crippen LogP contribution in [-0.4, -0.2) is 78.3 Å². The number of amides is 3. The molecule has 5 rings (SSSR count). The van der Waals surface area contributed by atoms with Gasteiger partial charge in [-0.2, -0.15) is 0 Å². The molecule has 9 heteroatoms. The predicted octanol–water partition coefficient (Wildman–Crippen LogP) is 4.98. The normalized spacial score (nSPS) is 24.5. The van der Waals surface area contributed by atoms with Crippen molar-refractivity contribution in [2.24, 2.45) is 11.8 Å². The van der Waals surface area contributed by atoms with Gasteiger partial charge in [-0.15, -0.1) is 13.2 Å². The summed E-state index contributed by atoms with van der Waals surface area (Å²) in [6, 6.07) is 12.4. The number of fused-ring (bicyclic) bond motifs is 1. The number of carbonyl (C=O) groups is 3. The molecular weight excluding hydrogens is 582 g/mol. The SMILES string of the molecule is C=CCN(C(=O)[C@@H]1[C@H]2C(=O)N(CCCCCO)C(C(=O)N(CC=C)c3cc(C)ccc3C)C23CC[C@H]1O3)c1ccc(OCC)cc1. The van der Waals surface area contributed by atoms with Crippen LogP contribution in [0.3, 0.4) is 0 Å². The number of rotatable bonds is 15. The summed E-state index contributed by atoms with van der Waals surface area (Å²) in [7, 11) is 0. The van der Waals surface area contributed by atoms with Gasteiger partial charge in [0.1, 0.15) is 17.4 Å². The van der Waals surface area contributed by atoms with Gasteiger partial charge in [-0.1, -0.05) is 24.3 Å². The molecule has 3 amide bonds. The fraction of sp³-hybridized carbons (Fsp3) is 0.486. The van der Waals surface area contributed by atoms with Crippen molar-refractivity contribution in [3.63, 3.8) is 0 Å². The van der Waals surface area contributed by atoms with E-state index < -0.39 is 29.6 Å². The summed E-state index contributed by atoms with van der Waals surface area (Å²) < 4.78 is 12.3. The first-order valence-electron chi connectivity index (χ1n) is 16.5. The summed E-state index contributed by atoms with van der Waals surface area (Å²) in [5, 5.41) is 9.37. The summed E-state index contributed by atoms with van der Waals surface area (Å²) in [6.07, 6.45) is 5.94. The zero-order chi connectivity index (χ0) is 33.0. The Kier molecular flexibility index (Phi) is 10.3. The first kappa shape index (κ1) is 33.4. The lowest BCUT2D eigenvalue weighted by Crippen LogP contribution is -2.56. The Morgan fingerprint density at radius 3 is 2.43 bits per heavy atom. The lowest BCUT2D eigenvalue weighted by atomic mass is 9.70. The van der Waals surface area contributed by atoms with Crippen LogP contribution in [0.4, 0.5) is 11.4 Å². The number of hydrogen-bond acceptors (Lipinski definition) is 6. The molecule has 246 valence electrons. The van der Waals surface area contributed by atoms with Crippen LogP contribution in [0.1, 0.15) is 50.2 Å². The molecule has 5 atom stereocenters. The molecule has 46 heavy (non-hydrogen) atoms. The number of hydrogen-bond donors (Lipinski definition) is 1. The van der Waals surface area contributed by atoms with Crippen LogP contribution < -0.4 is 14.5 Å². The smallest absolute Gasteiger partial charge is 0.253 e. The van der Waals surface area contributed by atoms with E-state index >= 15 is 0 Å². The van der Waals surface area contributed by atoms with Gasteiger partial charge < -0.3 is 29.3 Å². The van der Waals surface area contributed by atoms with Crippen molar-refractivity contribution in [1.29, 1.82) is 0 Å². The lowest BCUT2D eigenvalue weighted by molar-refractivity contribution is -0.140. The maximum atomic E-state index is 14.8. The minimum Gasteiger partial charge on any atom is -0.494 e. The molecule has 0 aromatic heterocycles. The zero-order valence-electron chi connectivity index (χ0n) is 27.3. The van der Waals surface area contributed by atoms with Crippen LogP contribution in [0.5, 0.6) is 5.75 Å². The third-order valence-electron chi connectivity index (χ3n) is 9.65. The van der Waals surface area contributed by atoms with Crippen LogP contribution >= 0.6 is 0 Å². The fourth-order valence-electron chi connectivity index (χ4n) is 7.64. The molecule has 3 heterocycles. The molecule has 0 saturated carbocycles. The van der Waals surface area contributed by atoms with Gasteiger partial charge in [0.05, 0.1) is 24.5 Å². The Hall–Kier alpha value is -3.95. The van der Waals surface area contributed by atoms with E-state index in [0.717, 1.165) is 16.8 Å². The number of aliphatic hydroxyl groups is 1. The van der Waals surface area contributed by atoms with E-state index in [2.05, 4.69) is 13.2 Å². The van der Waals surface area contributed by atoms with Gasteiger partial charge in [-0.05, 0) is 94.3 Å². The van der Waals surface area contributed by atoms with Gasteiger partial charge >= 0.3 is 0 Å². The van der Waals surface area contributed by atoms with Gasteiger partial charge in [0, 0.05) is 37.6 Å². The molecule has 9 nitrogen and oxygen atoms in total. The third kappa shape index (κ3) is 5.98. The zero-order valence-corrected chi connectivity index (χ0v) is 27.3. The Morgan fingerprint density at radius 2 is 1.76 bits per heavy atom. The molecule has 3 aliphatic rings. The average molecular weight is 630 g/mol. The Labute approximate surface area is 272 Å². The van der Waals surface area contributed by atoms with Crippen LogP contribution in [0.25, 0.3) is 0 Å². The topological polar surface area (TPSA) is 99.6 Å². The molecule has 3 aliphatic heterocycles. The summed E-state index contributed by atoms with van der Waals surface area (Å²) >= 11 is 0. The Morgan fingerprint density at radius 1 is 1.04 bits per heavy atom. The largest absolute Gasteiger partial charge is 0.494 e. The predicted molar refractivity (Wildman–Crippen MR) is 179 cm³/mol. The van der Waals surface area contributed by atoms with Gasteiger partial charge in [-0.3, -0.25) is 14.4 Å². The Balaban J connectivity index is 1.53. The number of carbonyl (C=O) groups excluding carboxylic acids is 3. The maximum Gasteiger partial charge on any atom is 0.253 e. The number of likely N-dealkylation sites (tertiary alicyclic amines) is 1. The van der Waals surface area contributed by atoms with Crippen molar-refractivity contribution < 1.29 is 29.0 Å². The highest BCUT2D eigenvalue weighted by atomic mass is 16.5. The van der Waals surface area contributed by atoms with E-state index in [9.17, 15) is 19.5 Å². The first-order valence-corrected chi connectivity index (χ1v) is 16.5. The van der Waals surface area contributed by atoms with E-state index in [1.807, 2.05) is 63.2 Å². The molecule has 2 unspecified atom stereocenters. The van der Waals surface area contributed by atoms with Crippen molar-refractivity contribution in [3.8, 4) is 5.75 Å². The van der Waals surface area contributed by atoms with E-state index in [4.69, 9.17) is 9.47 Å². The molecule has 2 aromatic rings. The lowest BCUT2D eigenvalue weighted by Gasteiger charge is -2.37. The van der Waals surface area contributed by atoms with Gasteiger partial charge in [0.2, 0.25) is 11.8 Å². The minimum absolute atomic E-state index is 0.0642. The highest BCUT2D eigenvalue weighted by Crippen LogP contribution is 2.59. The number of anilines is 2. The van der Waals surface area contributed by atoms with Crippen LogP contribution in [0.2, 0.25) is 0 Å². The van der Waals surface area contributed by atoms with E-state index in [1.165, 1.54) is 0 Å². The standard InChI is InChI=1S/C37H47N3O6/c1-6-20-38(27-14-16-28(17-15-27)45-8-3)34(42)31-30-18-19-37(46-30)32(31)35(43)40(22-10-9-11-23-41)33(37)36(44)39(21-7-2)29-24-25(4)12-13-26(29)5/h6-7,12-17,24,30-33,41H,1-2,8-11,18-23H2,3-5H3/t30-,31+,32+,33?,37?/m1/s1. The minimum atomic E-state index is -1.12. The fourth-order valence-corrected chi connectivity index (χ4v) is 7.64. The van der Waals surface area contributed by atoms with Crippen molar-refractivity contribution in [3.05, 3.63) is 78.9 Å². The number of nitrogens with zero attached hydrogens (tertiary/aromatic N) is 3. The molecular formula is C37H47N3O6. The molecule has 3 saturated heterocycles. The van der Waals surface area contributed by atoms with Crippen LogP contribution in [0.15, 0.2) is 67.8 Å². The van der Waals surface area contributed by atoms with E-state index in [0.29, 0.717) is 56.7 Å². The van der Waals surface area contributed by atoms with Crippen molar-refractivity contribution in [2.45, 2.75) is 70.6 Å². The summed E-state index contributed by atoms with van der Waals surface area (Å²) in [5.41, 5.74) is 2.28. The molecule has 1 N–H and O–H groups in total. The third-order valence-corrected chi connectivity index (χ3v) is 9.65. The quantitative estimate of drug-likeness (QED) is 0.221. The monoisotopic (exact) mass is 629 g/mol. The average Bonchev–Trinajstić information content (AvgIpc) is 3.69. The number of benzene rings is 2. The summed E-state index contributed by atoms with van der Waals surface area (Å²) in [5.74, 6) is -1.47. The van der Waals surface area contributed by atoms with E-state index in [-0.39, 0.29) is 37.4 Å². The number of ether oxygens (including phenoxy) is 2. The highest BCUT2D eigenvalue weighted by molar-refractivity contribution is 6.06. The van der Waals surface area contributed by atoms with Gasteiger partial charge in [0.15, 0.2) is 0 Å². The van der Waals surface area contributed by atoms with Gasteiger partial charge in [0.25, 0.3) is 5.91 Å². The summed E-state index contributed by atoms with van der Waals surface area (Å²) in [4.78, 5) is 48.9. The number of aryl methyl sites for hydroxylation is 2. The van der Waals surface area contributed by atoms with Crippen molar-refractivity contribution in [1.82, 2.24) is 4.90 Å². The summed E-state index contributed by atoms with van der Waals surface area (Å²) in [6.45, 7) is 15.1. The van der Waals surface area contributed by atoms with Gasteiger partial charge in [-0.25, -0.2) is 0 Å².